The lowest BCUT2D eigenvalue weighted by atomic mass is 9.89. The van der Waals surface area contributed by atoms with Crippen molar-refractivity contribution in [1.82, 2.24) is 0 Å². The first-order valence-corrected chi connectivity index (χ1v) is 11.6. The van der Waals surface area contributed by atoms with Crippen molar-refractivity contribution in [2.45, 2.75) is 0 Å². The fraction of sp³-hybridized carbons (Fsp3) is 0. The molecule has 0 spiro atoms. The smallest absolute Gasteiger partial charge is 0.195 e. The number of Topliss-reactive ketones (excluding diaryl/α,β-unsaturated/α-hetero) is 1. The first-order chi connectivity index (χ1) is 18.6. The highest BCUT2D eigenvalue weighted by Gasteiger charge is 2.35. The van der Waals surface area contributed by atoms with Gasteiger partial charge in [0, 0.05) is 22.3 Å². The minimum Gasteiger partial charge on any atom is -0.289 e. The first kappa shape index (κ1) is 23.7. The molecule has 0 radical (unpaired) electrons. The lowest BCUT2D eigenvalue weighted by molar-refractivity contribution is -0.108. The summed E-state index contributed by atoms with van der Waals surface area (Å²) in [6, 6.07) is 32.2. The van der Waals surface area contributed by atoms with Gasteiger partial charge in [-0.1, -0.05) is 72.8 Å². The van der Waals surface area contributed by atoms with E-state index in [1.807, 2.05) is 24.3 Å². The van der Waals surface area contributed by atoms with Crippen LogP contribution in [0.1, 0.15) is 33.4 Å². The average molecular weight is 485 g/mol. The van der Waals surface area contributed by atoms with E-state index >= 15 is 0 Å². The van der Waals surface area contributed by atoms with Gasteiger partial charge in [0.25, 0.3) is 0 Å². The topological polar surface area (TPSA) is 73.4 Å². The van der Waals surface area contributed by atoms with Crippen LogP contribution in [0, 0.1) is 35.8 Å². The molecule has 0 unspecified atom stereocenters. The molecule has 4 aromatic rings. The molecule has 0 saturated heterocycles. The van der Waals surface area contributed by atoms with Gasteiger partial charge < -0.3 is 0 Å². The minimum atomic E-state index is -0.187. The summed E-state index contributed by atoms with van der Waals surface area (Å²) in [5.41, 5.74) is 7.15. The molecule has 4 aromatic carbocycles. The highest BCUT2D eigenvalue weighted by molar-refractivity contribution is 6.59. The van der Waals surface area contributed by atoms with Gasteiger partial charge in [0.05, 0.1) is 36.4 Å². The fourth-order valence-electron chi connectivity index (χ4n) is 4.56. The van der Waals surface area contributed by atoms with E-state index in [1.54, 1.807) is 72.8 Å². The molecule has 5 rings (SSSR count). The fourth-order valence-corrected chi connectivity index (χ4v) is 4.56. The molecular formula is C33H16N4O. The lowest BCUT2D eigenvalue weighted by Crippen LogP contribution is -2.02. The zero-order valence-electron chi connectivity index (χ0n) is 19.9. The van der Waals surface area contributed by atoms with Crippen LogP contribution in [0.5, 0.6) is 0 Å². The van der Waals surface area contributed by atoms with Crippen LogP contribution in [0.2, 0.25) is 0 Å². The first-order valence-electron chi connectivity index (χ1n) is 11.6. The summed E-state index contributed by atoms with van der Waals surface area (Å²) < 4.78 is 0. The molecule has 1 aliphatic carbocycles. The van der Waals surface area contributed by atoms with Gasteiger partial charge in [-0.3, -0.25) is 4.79 Å². The normalized spacial score (nSPS) is 12.5. The van der Waals surface area contributed by atoms with Crippen molar-refractivity contribution in [2.75, 3.05) is 0 Å². The van der Waals surface area contributed by atoms with Gasteiger partial charge in [-0.15, -0.1) is 0 Å². The maximum Gasteiger partial charge on any atom is 0.195 e. The van der Waals surface area contributed by atoms with Crippen LogP contribution in [0.25, 0.3) is 32.0 Å². The second kappa shape index (κ2) is 9.93. The summed E-state index contributed by atoms with van der Waals surface area (Å²) in [6.07, 6.45) is 0. The van der Waals surface area contributed by atoms with Crippen molar-refractivity contribution < 1.29 is 4.79 Å². The van der Waals surface area contributed by atoms with Crippen molar-refractivity contribution in [3.8, 4) is 12.1 Å². The molecule has 38 heavy (non-hydrogen) atoms. The SMILES string of the molecule is [C-]#[N+]c1ccc(C2=C(c3ccc(C#N)cc3)C(=O)C(c3ccc(C#N)cc3)=C2c2ccc([N+]#[C-])cc2)cc1. The molecule has 174 valence electrons. The van der Waals surface area contributed by atoms with Gasteiger partial charge in [0.15, 0.2) is 17.2 Å². The summed E-state index contributed by atoms with van der Waals surface area (Å²) >= 11 is 0. The molecule has 0 atom stereocenters. The molecule has 1 aliphatic rings. The van der Waals surface area contributed by atoms with Crippen LogP contribution in [0.4, 0.5) is 11.4 Å². The second-order valence-electron chi connectivity index (χ2n) is 8.52. The van der Waals surface area contributed by atoms with E-state index < -0.39 is 0 Å². The number of benzene rings is 4. The monoisotopic (exact) mass is 484 g/mol. The minimum absolute atomic E-state index is 0.187. The van der Waals surface area contributed by atoms with Crippen molar-refractivity contribution in [3.63, 3.8) is 0 Å². The van der Waals surface area contributed by atoms with E-state index in [-0.39, 0.29) is 5.78 Å². The van der Waals surface area contributed by atoms with Crippen molar-refractivity contribution in [3.05, 3.63) is 153 Å². The van der Waals surface area contributed by atoms with Crippen LogP contribution >= 0.6 is 0 Å². The molecule has 0 N–H and O–H groups in total. The summed E-state index contributed by atoms with van der Waals surface area (Å²) in [5, 5.41) is 18.6. The molecule has 0 bridgehead atoms. The van der Waals surface area contributed by atoms with E-state index in [0.29, 0.717) is 55.9 Å². The predicted molar refractivity (Wildman–Crippen MR) is 146 cm³/mol. The Kier molecular flexibility index (Phi) is 6.20. The number of ketones is 1. The molecule has 0 aliphatic heterocycles. The Morgan fingerprint density at radius 2 is 0.763 bits per heavy atom. The standard InChI is InChI=1S/C33H16N4O/c1-36-27-15-11-23(12-16-27)29-30(24-13-17-28(37-2)18-14-24)32(26-9-5-22(20-35)6-10-26)33(38)31(29)25-7-3-21(19-34)4-8-25/h3-18H. The molecule has 5 nitrogen and oxygen atoms in total. The highest BCUT2D eigenvalue weighted by atomic mass is 16.1. The highest BCUT2D eigenvalue weighted by Crippen LogP contribution is 2.50. The van der Waals surface area contributed by atoms with E-state index in [9.17, 15) is 15.3 Å². The molecule has 0 heterocycles. The Labute approximate surface area is 220 Å². The third-order valence-corrected chi connectivity index (χ3v) is 6.38. The zero-order chi connectivity index (χ0) is 26.6. The number of carbonyl (C=O) groups excluding carboxylic acids is 1. The Balaban J connectivity index is 1.85. The molecule has 5 heteroatoms. The van der Waals surface area contributed by atoms with E-state index in [2.05, 4.69) is 21.8 Å². The van der Waals surface area contributed by atoms with Crippen LogP contribution in [0.15, 0.2) is 97.1 Å². The maximum absolute atomic E-state index is 14.3. The summed E-state index contributed by atoms with van der Waals surface area (Å²) in [7, 11) is 0. The summed E-state index contributed by atoms with van der Waals surface area (Å²) in [5.74, 6) is -0.187. The van der Waals surface area contributed by atoms with Gasteiger partial charge in [-0.2, -0.15) is 10.5 Å². The van der Waals surface area contributed by atoms with Gasteiger partial charge in [0.2, 0.25) is 0 Å². The Morgan fingerprint density at radius 3 is 1.05 bits per heavy atom. The number of carbonyl (C=O) groups is 1. The quantitative estimate of drug-likeness (QED) is 0.279. The second-order valence-corrected chi connectivity index (χ2v) is 8.52. The summed E-state index contributed by atoms with van der Waals surface area (Å²) in [6.45, 7) is 14.7. The molecule has 0 aromatic heterocycles. The van der Waals surface area contributed by atoms with Crippen molar-refractivity contribution in [2.24, 2.45) is 0 Å². The van der Waals surface area contributed by atoms with E-state index in [4.69, 9.17) is 13.1 Å². The van der Waals surface area contributed by atoms with Crippen molar-refractivity contribution in [1.29, 1.82) is 10.5 Å². The van der Waals surface area contributed by atoms with Gasteiger partial charge >= 0.3 is 0 Å². The van der Waals surface area contributed by atoms with Crippen molar-refractivity contribution >= 4 is 39.5 Å². The van der Waals surface area contributed by atoms with E-state index in [0.717, 1.165) is 11.1 Å². The van der Waals surface area contributed by atoms with Crippen LogP contribution < -0.4 is 0 Å². The van der Waals surface area contributed by atoms with Crippen LogP contribution in [-0.2, 0) is 4.79 Å². The Bertz CT molecular complexity index is 1680. The average Bonchev–Trinajstić information content (AvgIpc) is 3.29. The van der Waals surface area contributed by atoms with Crippen LogP contribution in [-0.4, -0.2) is 5.78 Å². The van der Waals surface area contributed by atoms with Gasteiger partial charge in [-0.05, 0) is 46.5 Å². The molecule has 0 fully saturated rings. The number of hydrogen-bond donors (Lipinski definition) is 0. The number of allylic oxidation sites excluding steroid dienone is 4. The summed E-state index contributed by atoms with van der Waals surface area (Å²) in [4.78, 5) is 21.3. The lowest BCUT2D eigenvalue weighted by Gasteiger charge is -2.14. The van der Waals surface area contributed by atoms with E-state index in [1.165, 1.54) is 0 Å². The zero-order valence-corrected chi connectivity index (χ0v) is 19.9. The number of hydrogen-bond acceptors (Lipinski definition) is 3. The third kappa shape index (κ3) is 4.14. The Hall–Kier alpha value is -6.01. The number of nitrogens with zero attached hydrogens (tertiary/aromatic N) is 4. The largest absolute Gasteiger partial charge is 0.289 e. The predicted octanol–water partition coefficient (Wildman–Crippen LogP) is 7.64. The number of nitriles is 2. The molecule has 0 amide bonds. The maximum atomic E-state index is 14.3. The number of rotatable bonds is 4. The third-order valence-electron chi connectivity index (χ3n) is 6.38. The molecular weight excluding hydrogens is 468 g/mol. The molecule has 0 saturated carbocycles. The van der Waals surface area contributed by atoms with Gasteiger partial charge in [-0.25, -0.2) is 9.69 Å². The Morgan fingerprint density at radius 1 is 0.474 bits per heavy atom. The van der Waals surface area contributed by atoms with Gasteiger partial charge in [0.1, 0.15) is 0 Å². The van der Waals surface area contributed by atoms with Crippen LogP contribution in [0.3, 0.4) is 0 Å².